The summed E-state index contributed by atoms with van der Waals surface area (Å²) in [5, 5.41) is 7.48. The fourth-order valence-electron chi connectivity index (χ4n) is 3.59. The van der Waals surface area contributed by atoms with Gasteiger partial charge in [-0.05, 0) is 43.4 Å². The van der Waals surface area contributed by atoms with Gasteiger partial charge in [-0.3, -0.25) is 4.98 Å². The van der Waals surface area contributed by atoms with Gasteiger partial charge in [-0.15, -0.1) is 0 Å². The molecule has 2 aromatic rings. The molecule has 0 amide bonds. The molecule has 24 heavy (non-hydrogen) atoms. The third-order valence-electron chi connectivity index (χ3n) is 4.81. The molecule has 2 aliphatic heterocycles. The van der Waals surface area contributed by atoms with Crippen molar-refractivity contribution in [2.45, 2.75) is 32.7 Å². The summed E-state index contributed by atoms with van der Waals surface area (Å²) >= 11 is 0. The molecule has 0 spiro atoms. The van der Waals surface area contributed by atoms with E-state index in [0.717, 1.165) is 30.8 Å². The van der Waals surface area contributed by atoms with Crippen LogP contribution in [0.4, 0.5) is 0 Å². The van der Waals surface area contributed by atoms with E-state index in [1.165, 1.54) is 11.1 Å². The van der Waals surface area contributed by atoms with Gasteiger partial charge in [0.2, 0.25) is 11.7 Å². The average Bonchev–Trinajstić information content (AvgIpc) is 3.14. The quantitative estimate of drug-likeness (QED) is 0.885. The smallest absolute Gasteiger partial charge is 0.227 e. The summed E-state index contributed by atoms with van der Waals surface area (Å²) in [6.07, 6.45) is 4.02. The van der Waals surface area contributed by atoms with Gasteiger partial charge in [0.15, 0.2) is 9.84 Å². The Morgan fingerprint density at radius 3 is 3.08 bits per heavy atom. The number of nitrogens with one attached hydrogen (secondary N) is 1. The molecule has 0 radical (unpaired) electrons. The van der Waals surface area contributed by atoms with Crippen molar-refractivity contribution in [1.29, 1.82) is 0 Å². The van der Waals surface area contributed by atoms with Crippen LogP contribution in [0, 0.1) is 12.8 Å². The number of sulfone groups is 1. The van der Waals surface area contributed by atoms with Crippen LogP contribution in [-0.2, 0) is 29.2 Å². The predicted molar refractivity (Wildman–Crippen MR) is 88.1 cm³/mol. The van der Waals surface area contributed by atoms with Gasteiger partial charge in [-0.2, -0.15) is 4.98 Å². The minimum atomic E-state index is -2.89. The van der Waals surface area contributed by atoms with Crippen molar-refractivity contribution >= 4 is 9.84 Å². The number of hydrogen-bond donors (Lipinski definition) is 1. The summed E-state index contributed by atoms with van der Waals surface area (Å²) in [7, 11) is -2.89. The molecule has 0 saturated carbocycles. The molecule has 0 bridgehead atoms. The maximum atomic E-state index is 11.6. The lowest BCUT2D eigenvalue weighted by Gasteiger charge is -2.19. The highest BCUT2D eigenvalue weighted by atomic mass is 32.2. The van der Waals surface area contributed by atoms with Crippen molar-refractivity contribution in [2.24, 2.45) is 5.92 Å². The zero-order chi connectivity index (χ0) is 16.7. The van der Waals surface area contributed by atoms with Crippen LogP contribution in [0.5, 0.6) is 0 Å². The predicted octanol–water partition coefficient (Wildman–Crippen LogP) is 1.06. The van der Waals surface area contributed by atoms with E-state index in [1.54, 1.807) is 0 Å². The Kier molecular flexibility index (Phi) is 3.88. The molecule has 4 heterocycles. The lowest BCUT2D eigenvalue weighted by atomic mass is 9.95. The van der Waals surface area contributed by atoms with Gasteiger partial charge in [-0.25, -0.2) is 8.42 Å². The van der Waals surface area contributed by atoms with E-state index >= 15 is 0 Å². The molecule has 128 valence electrons. The Labute approximate surface area is 140 Å². The molecule has 1 atom stereocenters. The van der Waals surface area contributed by atoms with Gasteiger partial charge in [0, 0.05) is 30.4 Å². The third kappa shape index (κ3) is 2.95. The second kappa shape index (κ2) is 5.93. The number of hydrogen-bond acceptors (Lipinski definition) is 7. The summed E-state index contributed by atoms with van der Waals surface area (Å²) in [4.78, 5) is 8.99. The van der Waals surface area contributed by atoms with E-state index in [-0.39, 0.29) is 17.4 Å². The van der Waals surface area contributed by atoms with Crippen LogP contribution in [0.3, 0.4) is 0 Å². The highest BCUT2D eigenvalue weighted by molar-refractivity contribution is 7.91. The van der Waals surface area contributed by atoms with Crippen LogP contribution in [-0.4, -0.2) is 41.6 Å². The van der Waals surface area contributed by atoms with Crippen molar-refractivity contribution in [3.8, 4) is 11.4 Å². The van der Waals surface area contributed by atoms with Crippen molar-refractivity contribution in [3.63, 3.8) is 0 Å². The molecule has 7 nitrogen and oxygen atoms in total. The number of nitrogens with zero attached hydrogens (tertiary/aromatic N) is 3. The Morgan fingerprint density at radius 1 is 1.42 bits per heavy atom. The monoisotopic (exact) mass is 348 g/mol. The molecule has 0 aliphatic carbocycles. The molecule has 0 unspecified atom stereocenters. The number of pyridine rings is 1. The first-order chi connectivity index (χ1) is 11.5. The number of aromatic nitrogens is 3. The topological polar surface area (TPSA) is 98.0 Å². The molecular formula is C16H20N4O3S. The summed E-state index contributed by atoms with van der Waals surface area (Å²) < 4.78 is 28.6. The standard InChI is InChI=1S/C16H20N4O3S/c1-10-15(13-2-4-17-7-12(13)8-18-10)16-19-14(23-20-16)6-11-3-5-24(21,22)9-11/h8,11,17H,2-7,9H2,1H3/t11-/m1/s1. The van der Waals surface area contributed by atoms with Crippen LogP contribution < -0.4 is 5.32 Å². The SMILES string of the molecule is Cc1ncc2c(c1-c1noc(C[C@H]3CCS(=O)(=O)C3)n1)CCNC2. The van der Waals surface area contributed by atoms with Crippen LogP contribution in [0.1, 0.15) is 29.1 Å². The number of fused-ring (bicyclic) bond motifs is 1. The van der Waals surface area contributed by atoms with Gasteiger partial charge >= 0.3 is 0 Å². The van der Waals surface area contributed by atoms with E-state index < -0.39 is 9.84 Å². The fraction of sp³-hybridized carbons (Fsp3) is 0.562. The zero-order valence-electron chi connectivity index (χ0n) is 13.6. The minimum absolute atomic E-state index is 0.0800. The van der Waals surface area contributed by atoms with Crippen molar-refractivity contribution in [1.82, 2.24) is 20.4 Å². The number of aryl methyl sites for hydroxylation is 1. The van der Waals surface area contributed by atoms with Crippen LogP contribution in [0.25, 0.3) is 11.4 Å². The Hall–Kier alpha value is -1.80. The second-order valence-corrected chi connectivity index (χ2v) is 8.86. The number of rotatable bonds is 3. The molecule has 4 rings (SSSR count). The van der Waals surface area contributed by atoms with Gasteiger partial charge in [0.1, 0.15) is 0 Å². The Bertz CT molecular complexity index is 875. The molecule has 2 aromatic heterocycles. The van der Waals surface area contributed by atoms with Crippen LogP contribution in [0.15, 0.2) is 10.7 Å². The maximum Gasteiger partial charge on any atom is 0.227 e. The van der Waals surface area contributed by atoms with Crippen LogP contribution in [0.2, 0.25) is 0 Å². The largest absolute Gasteiger partial charge is 0.339 e. The van der Waals surface area contributed by atoms with E-state index in [2.05, 4.69) is 20.4 Å². The normalized spacial score (nSPS) is 22.5. The molecule has 1 N–H and O–H groups in total. The summed E-state index contributed by atoms with van der Waals surface area (Å²) in [5.74, 6) is 1.64. The molecular weight excluding hydrogens is 328 g/mol. The first-order valence-corrected chi connectivity index (χ1v) is 10.1. The highest BCUT2D eigenvalue weighted by Gasteiger charge is 2.30. The molecule has 0 aromatic carbocycles. The van der Waals surface area contributed by atoms with Crippen molar-refractivity contribution in [3.05, 3.63) is 28.9 Å². The van der Waals surface area contributed by atoms with E-state index in [1.807, 2.05) is 13.1 Å². The van der Waals surface area contributed by atoms with Gasteiger partial charge in [0.25, 0.3) is 0 Å². The summed E-state index contributed by atoms with van der Waals surface area (Å²) in [6, 6.07) is 0. The van der Waals surface area contributed by atoms with Gasteiger partial charge in [0.05, 0.1) is 11.5 Å². The second-order valence-electron chi connectivity index (χ2n) is 6.63. The van der Waals surface area contributed by atoms with Gasteiger partial charge in [-0.1, -0.05) is 5.16 Å². The fourth-order valence-corrected chi connectivity index (χ4v) is 5.45. The summed E-state index contributed by atoms with van der Waals surface area (Å²) in [5.41, 5.74) is 4.27. The lowest BCUT2D eigenvalue weighted by Crippen LogP contribution is -2.24. The van der Waals surface area contributed by atoms with E-state index in [4.69, 9.17) is 4.52 Å². The lowest BCUT2D eigenvalue weighted by molar-refractivity contribution is 0.359. The maximum absolute atomic E-state index is 11.6. The molecule has 1 saturated heterocycles. The van der Waals surface area contributed by atoms with E-state index in [0.29, 0.717) is 24.6 Å². The third-order valence-corrected chi connectivity index (χ3v) is 6.65. The Morgan fingerprint density at radius 2 is 2.29 bits per heavy atom. The average molecular weight is 348 g/mol. The zero-order valence-corrected chi connectivity index (χ0v) is 14.4. The highest BCUT2D eigenvalue weighted by Crippen LogP contribution is 2.29. The first-order valence-electron chi connectivity index (χ1n) is 8.23. The summed E-state index contributed by atoms with van der Waals surface area (Å²) in [6.45, 7) is 3.69. The Balaban J connectivity index is 1.62. The molecule has 1 fully saturated rings. The van der Waals surface area contributed by atoms with Gasteiger partial charge < -0.3 is 9.84 Å². The first kappa shape index (κ1) is 15.7. The van der Waals surface area contributed by atoms with Crippen molar-refractivity contribution in [2.75, 3.05) is 18.1 Å². The van der Waals surface area contributed by atoms with Crippen molar-refractivity contribution < 1.29 is 12.9 Å². The minimum Gasteiger partial charge on any atom is -0.339 e. The van der Waals surface area contributed by atoms with E-state index in [9.17, 15) is 8.42 Å². The molecule has 2 aliphatic rings. The van der Waals surface area contributed by atoms with Crippen LogP contribution >= 0.6 is 0 Å². The molecule has 8 heteroatoms.